The molecule has 0 unspecified atom stereocenters. The first-order chi connectivity index (χ1) is 29.5. The number of aliphatic hydroxyl groups excluding tert-OH is 1. The fourth-order valence-corrected chi connectivity index (χ4v) is 11.4. The number of hydrogen-bond donors (Lipinski definition) is 4. The molecule has 3 fully saturated rings. The van der Waals surface area contributed by atoms with Crippen LogP contribution in [0.5, 0.6) is 0 Å². The predicted octanol–water partition coefficient (Wildman–Crippen LogP) is 6.23. The zero-order valence-corrected chi connectivity index (χ0v) is 36.2. The first kappa shape index (κ1) is 43.7. The summed E-state index contributed by atoms with van der Waals surface area (Å²) >= 11 is 2.26. The number of fused-ring (bicyclic) bond motifs is 6. The van der Waals surface area contributed by atoms with Gasteiger partial charge in [-0.15, -0.1) is 0 Å². The van der Waals surface area contributed by atoms with Crippen LogP contribution in [0.2, 0.25) is 0 Å². The van der Waals surface area contributed by atoms with Gasteiger partial charge in [-0.3, -0.25) is 14.6 Å². The Balaban J connectivity index is 0.850. The van der Waals surface area contributed by atoms with Crippen LogP contribution >= 0.6 is 0 Å². The monoisotopic (exact) mass is 878 g/mol. The summed E-state index contributed by atoms with van der Waals surface area (Å²) in [5.74, 6) is -3.66. The summed E-state index contributed by atoms with van der Waals surface area (Å²) in [4.78, 5) is 56.5. The third-order valence-corrected chi connectivity index (χ3v) is 15.2. The molecule has 0 aliphatic heterocycles. The van der Waals surface area contributed by atoms with Gasteiger partial charge in [-0.2, -0.15) is 0 Å². The van der Waals surface area contributed by atoms with Gasteiger partial charge in [0.05, 0.1) is 5.92 Å². The maximum atomic E-state index is 17.5. The van der Waals surface area contributed by atoms with Gasteiger partial charge >= 0.3 is 267 Å². The number of amides is 1. The SMILES string of the molecule is C[C@@H]1C[C@H]2[C@@H]3CCC4=CC(=O)C=C[C@]4(C)[C@@]3(F)[C@@H](O)C[C@]2(C)[C@@]1(O)C(=O)CO[C](=[V])c1ccc(C(=O)OCc2ccc([C@@H](CN)C(=O)Nc3ccc4cnccc4c3)cc2)cc1. The van der Waals surface area contributed by atoms with Gasteiger partial charge in [-0.05, 0) is 23.6 Å². The second-order valence-electron chi connectivity index (χ2n) is 17.8. The molecule has 1 heterocycles. The summed E-state index contributed by atoms with van der Waals surface area (Å²) in [6, 6.07) is 21.1. The summed E-state index contributed by atoms with van der Waals surface area (Å²) in [5, 5.41) is 28.9. The molecule has 321 valence electrons. The fraction of sp³-hybridized carbons (Fsp3) is 0.388. The molecule has 8 rings (SSSR count). The first-order valence-electron chi connectivity index (χ1n) is 21.0. The number of aromatic nitrogens is 1. The zero-order chi connectivity index (χ0) is 44.2. The molecule has 13 heteroatoms. The van der Waals surface area contributed by atoms with Crippen molar-refractivity contribution in [3.8, 4) is 0 Å². The van der Waals surface area contributed by atoms with Crippen LogP contribution in [0, 0.1) is 28.6 Å². The molecule has 62 heavy (non-hydrogen) atoms. The van der Waals surface area contributed by atoms with Crippen molar-refractivity contribution in [2.45, 2.75) is 76.4 Å². The van der Waals surface area contributed by atoms with E-state index in [-0.39, 0.29) is 37.2 Å². The van der Waals surface area contributed by atoms with E-state index in [4.69, 9.17) is 15.2 Å². The minimum atomic E-state index is -2.07. The molecule has 4 aliphatic carbocycles. The molecule has 0 bridgehead atoms. The zero-order valence-electron chi connectivity index (χ0n) is 34.8. The number of rotatable bonds is 12. The average Bonchev–Trinajstić information content (AvgIpc) is 3.47. The second-order valence-corrected chi connectivity index (χ2v) is 18.4. The van der Waals surface area contributed by atoms with Crippen molar-refractivity contribution in [1.82, 2.24) is 4.98 Å². The number of carbonyl (C=O) groups excluding carboxylic acids is 4. The molecular weight excluding hydrogens is 828 g/mol. The summed E-state index contributed by atoms with van der Waals surface area (Å²) in [6.07, 6.45) is 7.61. The van der Waals surface area contributed by atoms with Crippen molar-refractivity contribution >= 4 is 44.3 Å². The van der Waals surface area contributed by atoms with E-state index in [9.17, 15) is 29.4 Å². The van der Waals surface area contributed by atoms with Crippen molar-refractivity contribution in [3.63, 3.8) is 0 Å². The van der Waals surface area contributed by atoms with Crippen molar-refractivity contribution in [1.29, 1.82) is 0 Å². The Labute approximate surface area is 368 Å². The first-order valence-corrected chi connectivity index (χ1v) is 21.7. The second kappa shape index (κ2) is 16.6. The van der Waals surface area contributed by atoms with E-state index in [1.807, 2.05) is 24.3 Å². The van der Waals surface area contributed by atoms with E-state index >= 15 is 4.39 Å². The van der Waals surface area contributed by atoms with E-state index in [1.54, 1.807) is 87.8 Å². The third-order valence-electron chi connectivity index (χ3n) is 14.6. The van der Waals surface area contributed by atoms with E-state index in [2.05, 4.69) is 27.3 Å². The van der Waals surface area contributed by atoms with Crippen LogP contribution in [-0.2, 0) is 47.4 Å². The normalized spacial score (nSPS) is 30.4. The van der Waals surface area contributed by atoms with Crippen LogP contribution in [0.3, 0.4) is 0 Å². The van der Waals surface area contributed by atoms with Crippen molar-refractivity contribution in [2.75, 3.05) is 18.5 Å². The fourth-order valence-electron chi connectivity index (χ4n) is 11.1. The number of anilines is 1. The Kier molecular flexibility index (Phi) is 11.7. The number of nitrogens with zero attached hydrogens (tertiary/aromatic N) is 1. The minimum absolute atomic E-state index is 0.000218. The summed E-state index contributed by atoms with van der Waals surface area (Å²) in [6.45, 7) is 4.98. The number of Topliss-reactive ketones (excluding diaryl/α,β-unsaturated/α-hetero) is 1. The molecule has 3 saturated carbocycles. The molecular formula is C49H50FN3O8V. The average molecular weight is 879 g/mol. The van der Waals surface area contributed by atoms with Gasteiger partial charge in [0, 0.05) is 30.0 Å². The van der Waals surface area contributed by atoms with Crippen LogP contribution in [0.4, 0.5) is 10.1 Å². The molecule has 0 spiro atoms. The molecule has 0 radical (unpaired) electrons. The molecule has 4 aromatic rings. The molecule has 11 nitrogen and oxygen atoms in total. The van der Waals surface area contributed by atoms with Gasteiger partial charge in [0.25, 0.3) is 0 Å². The Morgan fingerprint density at radius 3 is 2.45 bits per heavy atom. The number of alkyl halides is 1. The molecule has 4 aliphatic rings. The Hall–Kier alpha value is -4.95. The standard InChI is InChI=1S/C49H50FN3O8.V/c1-29-20-41-40-15-13-36-22-38(54)16-18-46(36,2)48(40,50)42(55)23-47(41,3)49(29,59)43(56)28-60-26-30-6-10-33(11-7-30)45(58)61-27-31-4-8-32(9-5-31)39(24-51)44(57)53-37-14-12-35-25-52-19-17-34(35)21-37;/h4-12,14,16-19,21-22,25,29,39-42,55,59H,13,15,20,23-24,27-28,51H2,1-3H3,(H,53,57);/t29-,39-,40+,41+,42+,46+,47+,48+,49+;/m1./s1. The van der Waals surface area contributed by atoms with Gasteiger partial charge in [0.15, 0.2) is 5.78 Å². The molecule has 1 amide bonds. The van der Waals surface area contributed by atoms with Gasteiger partial charge in [0.2, 0.25) is 5.91 Å². The number of benzene rings is 3. The van der Waals surface area contributed by atoms with Crippen molar-refractivity contribution in [2.24, 2.45) is 34.3 Å². The summed E-state index contributed by atoms with van der Waals surface area (Å²) < 4.78 is 29.4. The molecule has 3 aromatic carbocycles. The molecule has 5 N–H and O–H groups in total. The number of ether oxygens (including phenoxy) is 2. The number of carbonyl (C=O) groups is 4. The number of halogens is 1. The Morgan fingerprint density at radius 2 is 1.73 bits per heavy atom. The van der Waals surface area contributed by atoms with E-state index < -0.39 is 64.3 Å². The number of ketones is 2. The predicted molar refractivity (Wildman–Crippen MR) is 227 cm³/mol. The van der Waals surface area contributed by atoms with Crippen molar-refractivity contribution < 1.29 is 60.2 Å². The van der Waals surface area contributed by atoms with Gasteiger partial charge < -0.3 is 11.1 Å². The molecule has 9 atom stereocenters. The number of aliphatic hydroxyl groups is 2. The van der Waals surface area contributed by atoms with E-state index in [1.165, 1.54) is 12.2 Å². The number of nitrogens with two attached hydrogens (primary N) is 1. The molecule has 0 saturated heterocycles. The van der Waals surface area contributed by atoms with Crippen LogP contribution in [0.25, 0.3) is 10.8 Å². The summed E-state index contributed by atoms with van der Waals surface area (Å²) in [7, 11) is 0. The van der Waals surface area contributed by atoms with Crippen LogP contribution < -0.4 is 11.1 Å². The van der Waals surface area contributed by atoms with Gasteiger partial charge in [-0.25, -0.2) is 0 Å². The number of hydrogen-bond acceptors (Lipinski definition) is 10. The van der Waals surface area contributed by atoms with E-state index in [0.29, 0.717) is 46.1 Å². The quantitative estimate of drug-likeness (QED) is 0.119. The summed E-state index contributed by atoms with van der Waals surface area (Å²) in [5.41, 5.74) is 3.45. The maximum absolute atomic E-state index is 17.5. The topological polar surface area (TPSA) is 178 Å². The van der Waals surface area contributed by atoms with Crippen LogP contribution in [0.1, 0.15) is 79.4 Å². The van der Waals surface area contributed by atoms with Crippen LogP contribution in [0.15, 0.2) is 109 Å². The number of pyridine rings is 1. The van der Waals surface area contributed by atoms with Crippen molar-refractivity contribution in [3.05, 3.63) is 131 Å². The van der Waals surface area contributed by atoms with Gasteiger partial charge in [-0.1, -0.05) is 6.07 Å². The molecule has 1 aromatic heterocycles. The Bertz CT molecular complexity index is 2530. The van der Waals surface area contributed by atoms with Crippen LogP contribution in [-0.4, -0.2) is 73.6 Å². The number of allylic oxidation sites excluding steroid dienone is 4. The Morgan fingerprint density at radius 1 is 1.00 bits per heavy atom. The van der Waals surface area contributed by atoms with Gasteiger partial charge in [0.1, 0.15) is 0 Å². The number of esters is 1. The number of nitrogens with one attached hydrogen (secondary N) is 1. The third kappa shape index (κ3) is 7.24. The van der Waals surface area contributed by atoms with E-state index in [0.717, 1.165) is 21.9 Å².